The fourth-order valence-corrected chi connectivity index (χ4v) is 6.70. The van der Waals surface area contributed by atoms with E-state index < -0.39 is 18.0 Å². The lowest BCUT2D eigenvalue weighted by Crippen LogP contribution is -2.40. The molecule has 4 rings (SSSR count). The van der Waals surface area contributed by atoms with Gasteiger partial charge in [-0.05, 0) is 72.6 Å². The van der Waals surface area contributed by atoms with Crippen LogP contribution in [0.25, 0.3) is 6.08 Å². The molecule has 0 spiro atoms. The second-order valence-electron chi connectivity index (χ2n) is 8.55. The number of carbonyl (C=O) groups excluding carboxylic acids is 2. The van der Waals surface area contributed by atoms with Crippen LogP contribution in [-0.4, -0.2) is 36.8 Å². The number of allylic oxidation sites excluding steroid dienone is 1. The van der Waals surface area contributed by atoms with E-state index in [1.54, 1.807) is 57.4 Å². The van der Waals surface area contributed by atoms with Gasteiger partial charge in [0.05, 0.1) is 46.6 Å². The molecule has 12 heteroatoms. The number of fused-ring (bicyclic) bond motifs is 1. The van der Waals surface area contributed by atoms with Crippen LogP contribution in [0.1, 0.15) is 44.9 Å². The Hall–Kier alpha value is -3.22. The molecule has 0 N–H and O–H groups in total. The summed E-state index contributed by atoms with van der Waals surface area (Å²) in [6.07, 6.45) is 1.64. The summed E-state index contributed by atoms with van der Waals surface area (Å²) in [6, 6.07) is 7.93. The summed E-state index contributed by atoms with van der Waals surface area (Å²) in [5, 5.41) is 0. The molecular weight excluding hydrogens is 668 g/mol. The number of thiazole rings is 1. The summed E-state index contributed by atoms with van der Waals surface area (Å²) in [5.41, 5.74) is 1.44. The Kier molecular flexibility index (Phi) is 9.32. The van der Waals surface area contributed by atoms with Crippen molar-refractivity contribution < 1.29 is 28.5 Å². The second-order valence-corrected chi connectivity index (χ2v) is 11.3. The average Bonchev–Trinajstić information content (AvgIpc) is 3.19. The molecule has 0 saturated heterocycles. The molecule has 1 aliphatic heterocycles. The molecule has 0 saturated carbocycles. The molecule has 3 aromatic rings. The molecule has 40 heavy (non-hydrogen) atoms. The highest BCUT2D eigenvalue weighted by molar-refractivity contribution is 9.11. The average molecular weight is 694 g/mol. The third-order valence-corrected chi connectivity index (χ3v) is 7.92. The monoisotopic (exact) mass is 692 g/mol. The zero-order valence-corrected chi connectivity index (χ0v) is 26.4. The third-order valence-electron chi connectivity index (χ3n) is 5.89. The van der Waals surface area contributed by atoms with Gasteiger partial charge in [0.25, 0.3) is 5.56 Å². The Bertz CT molecular complexity index is 1710. The van der Waals surface area contributed by atoms with Crippen molar-refractivity contribution in [3.8, 4) is 17.2 Å². The van der Waals surface area contributed by atoms with E-state index in [4.69, 9.17) is 18.9 Å². The number of hydrogen-bond acceptors (Lipinski definition) is 9. The number of methoxy groups -OCH3 is 1. The van der Waals surface area contributed by atoms with Crippen molar-refractivity contribution in [1.29, 1.82) is 0 Å². The van der Waals surface area contributed by atoms with Crippen molar-refractivity contribution in [2.24, 2.45) is 4.99 Å². The highest BCUT2D eigenvalue weighted by Gasteiger charge is 2.34. The van der Waals surface area contributed by atoms with Gasteiger partial charge < -0.3 is 18.9 Å². The van der Waals surface area contributed by atoms with Crippen LogP contribution in [0, 0.1) is 0 Å². The first-order valence-corrected chi connectivity index (χ1v) is 14.7. The number of hydrogen-bond donors (Lipinski definition) is 0. The Balaban J connectivity index is 2.00. The topological polar surface area (TPSA) is 105 Å². The van der Waals surface area contributed by atoms with Crippen molar-refractivity contribution in [2.75, 3.05) is 20.3 Å². The number of benzene rings is 2. The van der Waals surface area contributed by atoms with Gasteiger partial charge >= 0.3 is 11.9 Å². The van der Waals surface area contributed by atoms with E-state index in [9.17, 15) is 14.4 Å². The van der Waals surface area contributed by atoms with Crippen molar-refractivity contribution >= 4 is 61.2 Å². The van der Waals surface area contributed by atoms with Crippen molar-refractivity contribution in [2.45, 2.75) is 33.7 Å². The van der Waals surface area contributed by atoms with Gasteiger partial charge in [0, 0.05) is 17.0 Å². The first kappa shape index (κ1) is 29.8. The van der Waals surface area contributed by atoms with E-state index in [1.807, 2.05) is 6.92 Å². The maximum Gasteiger partial charge on any atom is 0.338 e. The summed E-state index contributed by atoms with van der Waals surface area (Å²) >= 11 is 8.04. The number of rotatable bonds is 8. The van der Waals surface area contributed by atoms with Crippen LogP contribution < -0.4 is 29.1 Å². The van der Waals surface area contributed by atoms with Gasteiger partial charge in [-0.25, -0.2) is 9.79 Å². The van der Waals surface area contributed by atoms with E-state index in [-0.39, 0.29) is 23.5 Å². The van der Waals surface area contributed by atoms with Crippen molar-refractivity contribution in [3.05, 3.63) is 81.4 Å². The molecule has 1 aromatic heterocycles. The van der Waals surface area contributed by atoms with Gasteiger partial charge in [0.1, 0.15) is 0 Å². The molecule has 2 heterocycles. The molecule has 1 aliphatic rings. The summed E-state index contributed by atoms with van der Waals surface area (Å²) < 4.78 is 25.1. The lowest BCUT2D eigenvalue weighted by molar-refractivity contribution is -0.139. The Labute approximate surface area is 251 Å². The van der Waals surface area contributed by atoms with E-state index in [0.29, 0.717) is 53.2 Å². The number of ether oxygens (including phenoxy) is 4. The number of halogens is 2. The molecular formula is C28H26Br2N2O7S. The Morgan fingerprint density at radius 3 is 2.52 bits per heavy atom. The molecule has 210 valence electrons. The summed E-state index contributed by atoms with van der Waals surface area (Å²) in [6.45, 7) is 7.15. The number of aromatic nitrogens is 1. The maximum absolute atomic E-state index is 14.0. The molecule has 0 unspecified atom stereocenters. The van der Waals surface area contributed by atoms with Gasteiger partial charge in [-0.1, -0.05) is 33.3 Å². The zero-order chi connectivity index (χ0) is 29.1. The second kappa shape index (κ2) is 12.5. The van der Waals surface area contributed by atoms with Gasteiger partial charge in [0.2, 0.25) is 0 Å². The fraction of sp³-hybridized carbons (Fsp3) is 0.286. The summed E-state index contributed by atoms with van der Waals surface area (Å²) in [5.74, 6) is 0.212. The largest absolute Gasteiger partial charge is 0.493 e. The van der Waals surface area contributed by atoms with E-state index in [1.165, 1.54) is 11.5 Å². The minimum Gasteiger partial charge on any atom is -0.493 e. The van der Waals surface area contributed by atoms with E-state index in [2.05, 4.69) is 36.9 Å². The predicted octanol–water partition coefficient (Wildman–Crippen LogP) is 4.66. The molecule has 0 amide bonds. The third kappa shape index (κ3) is 5.93. The minimum absolute atomic E-state index is 0.163. The normalized spacial score (nSPS) is 14.9. The van der Waals surface area contributed by atoms with Crippen LogP contribution in [0.3, 0.4) is 0 Å². The number of carbonyl (C=O) groups is 2. The lowest BCUT2D eigenvalue weighted by atomic mass is 9.95. The predicted molar refractivity (Wildman–Crippen MR) is 158 cm³/mol. The summed E-state index contributed by atoms with van der Waals surface area (Å²) in [7, 11) is 1.54. The molecule has 0 fully saturated rings. The summed E-state index contributed by atoms with van der Waals surface area (Å²) in [4.78, 5) is 44.0. The van der Waals surface area contributed by atoms with Crippen molar-refractivity contribution in [3.63, 3.8) is 0 Å². The quantitative estimate of drug-likeness (QED) is 0.250. The van der Waals surface area contributed by atoms with Crippen LogP contribution in [0.5, 0.6) is 17.2 Å². The first-order chi connectivity index (χ1) is 19.1. The van der Waals surface area contributed by atoms with Gasteiger partial charge in [0.15, 0.2) is 22.0 Å². The van der Waals surface area contributed by atoms with E-state index >= 15 is 0 Å². The Morgan fingerprint density at radius 1 is 1.12 bits per heavy atom. The van der Waals surface area contributed by atoms with Crippen LogP contribution in [0.15, 0.2) is 60.3 Å². The van der Waals surface area contributed by atoms with Crippen molar-refractivity contribution in [1.82, 2.24) is 4.57 Å². The molecule has 0 bridgehead atoms. The highest BCUT2D eigenvalue weighted by atomic mass is 79.9. The Morgan fingerprint density at radius 2 is 1.88 bits per heavy atom. The van der Waals surface area contributed by atoms with E-state index in [0.717, 1.165) is 11.3 Å². The fourth-order valence-electron chi connectivity index (χ4n) is 4.32. The van der Waals surface area contributed by atoms with Crippen LogP contribution in [0.2, 0.25) is 0 Å². The van der Waals surface area contributed by atoms with Gasteiger partial charge in [-0.2, -0.15) is 0 Å². The van der Waals surface area contributed by atoms with Gasteiger partial charge in [-0.15, -0.1) is 0 Å². The molecule has 9 nitrogen and oxygen atoms in total. The SMILES string of the molecule is CCOC(=O)C1=C(C)N=c2s/c(=C\c3cc(Br)cc(Br)c3OC(C)=O)c(=O)n2[C@@H]1c1ccc(OC)c(OCC)c1. The number of nitrogens with zero attached hydrogens (tertiary/aromatic N) is 2. The zero-order valence-electron chi connectivity index (χ0n) is 22.4. The standard InChI is InChI=1S/C28H26Br2N2O7S/c1-6-37-21-11-16(8-9-20(21)36-5)24-23(27(35)38-7-2)14(3)31-28-32(24)26(34)22(40-28)12-17-10-18(29)13-19(30)25(17)39-15(4)33/h8-13,24H,6-7H2,1-5H3/b22-12-/t24-/m1/s1. The smallest absolute Gasteiger partial charge is 0.338 e. The minimum atomic E-state index is -0.829. The molecule has 2 aromatic carbocycles. The molecule has 1 atom stereocenters. The molecule has 0 radical (unpaired) electrons. The van der Waals surface area contributed by atoms with Gasteiger partial charge in [-0.3, -0.25) is 14.2 Å². The van der Waals surface area contributed by atoms with Crippen LogP contribution in [0.4, 0.5) is 0 Å². The maximum atomic E-state index is 14.0. The molecule has 0 aliphatic carbocycles. The van der Waals surface area contributed by atoms with Crippen LogP contribution in [-0.2, 0) is 14.3 Å². The number of esters is 2. The lowest BCUT2D eigenvalue weighted by Gasteiger charge is -2.25. The van der Waals surface area contributed by atoms with Crippen LogP contribution >= 0.6 is 43.2 Å². The highest BCUT2D eigenvalue weighted by Crippen LogP contribution is 2.37. The first-order valence-electron chi connectivity index (χ1n) is 12.3.